The molecule has 0 spiro atoms. The quantitative estimate of drug-likeness (QED) is 0.616. The van der Waals surface area contributed by atoms with Crippen LogP contribution in [0.1, 0.15) is 25.7 Å². The molecule has 0 radical (unpaired) electrons. The van der Waals surface area contributed by atoms with Crippen LogP contribution in [0.4, 0.5) is 0 Å². The summed E-state index contributed by atoms with van der Waals surface area (Å²) in [5.41, 5.74) is 0. The Hall–Kier alpha value is -0.660. The van der Waals surface area contributed by atoms with Gasteiger partial charge in [-0.05, 0) is 24.7 Å². The van der Waals surface area contributed by atoms with Crippen molar-refractivity contribution in [1.29, 1.82) is 0 Å². The molecule has 2 atom stereocenters. The Morgan fingerprint density at radius 3 is 2.35 bits per heavy atom. The van der Waals surface area contributed by atoms with Crippen LogP contribution in [-0.2, 0) is 14.8 Å². The molecule has 6 nitrogen and oxygen atoms in total. The van der Waals surface area contributed by atoms with E-state index < -0.39 is 21.7 Å². The third kappa shape index (κ3) is 5.01. The Bertz CT molecular complexity index is 354. The number of nitrogens with one attached hydrogen (secondary N) is 1. The molecule has 1 aliphatic rings. The summed E-state index contributed by atoms with van der Waals surface area (Å²) in [6.45, 7) is 0.284. The van der Waals surface area contributed by atoms with Gasteiger partial charge in [0.25, 0.3) is 0 Å². The van der Waals surface area contributed by atoms with Gasteiger partial charge in [0.15, 0.2) is 5.75 Å². The molecule has 100 valence electrons. The Kier molecular flexibility index (Phi) is 5.35. The smallest absolute Gasteiger partial charge is 0.320 e. The van der Waals surface area contributed by atoms with Gasteiger partial charge in [-0.25, -0.2) is 13.1 Å². The van der Waals surface area contributed by atoms with Crippen molar-refractivity contribution in [2.24, 2.45) is 11.8 Å². The van der Waals surface area contributed by atoms with Gasteiger partial charge in [0.2, 0.25) is 10.0 Å². The van der Waals surface area contributed by atoms with Crippen molar-refractivity contribution in [3.63, 3.8) is 0 Å². The summed E-state index contributed by atoms with van der Waals surface area (Å²) in [6, 6.07) is 0. The number of carbonyl (C=O) groups is 1. The van der Waals surface area contributed by atoms with Crippen molar-refractivity contribution in [2.75, 3.05) is 18.9 Å². The number of aliphatic carboxylic acids is 1. The minimum atomic E-state index is -3.74. The van der Waals surface area contributed by atoms with Gasteiger partial charge >= 0.3 is 5.97 Å². The van der Waals surface area contributed by atoms with Crippen molar-refractivity contribution >= 4 is 16.0 Å². The predicted molar refractivity (Wildman–Crippen MR) is 62.0 cm³/mol. The fourth-order valence-electron chi connectivity index (χ4n) is 2.24. The predicted octanol–water partition coefficient (Wildman–Crippen LogP) is -0.211. The van der Waals surface area contributed by atoms with Crippen LogP contribution in [0.15, 0.2) is 0 Å². The van der Waals surface area contributed by atoms with Crippen LogP contribution < -0.4 is 4.72 Å². The highest BCUT2D eigenvalue weighted by molar-refractivity contribution is 7.90. The summed E-state index contributed by atoms with van der Waals surface area (Å²) in [4.78, 5) is 10.3. The fraction of sp³-hybridized carbons (Fsp3) is 0.900. The van der Waals surface area contributed by atoms with E-state index in [1.165, 1.54) is 0 Å². The van der Waals surface area contributed by atoms with E-state index >= 15 is 0 Å². The second-order valence-corrected chi connectivity index (χ2v) is 6.30. The lowest BCUT2D eigenvalue weighted by Crippen LogP contribution is -2.37. The van der Waals surface area contributed by atoms with Crippen LogP contribution in [0.5, 0.6) is 0 Å². The summed E-state index contributed by atoms with van der Waals surface area (Å²) in [6.07, 6.45) is 3.87. The maximum absolute atomic E-state index is 11.3. The molecule has 0 aromatic rings. The Morgan fingerprint density at radius 1 is 1.24 bits per heavy atom. The molecule has 17 heavy (non-hydrogen) atoms. The summed E-state index contributed by atoms with van der Waals surface area (Å²) in [5, 5.41) is 17.6. The van der Waals surface area contributed by atoms with E-state index in [1.54, 1.807) is 0 Å². The molecule has 0 bridgehead atoms. The lowest BCUT2D eigenvalue weighted by atomic mass is 9.80. The Balaban J connectivity index is 2.45. The standard InChI is InChI=1S/C10H19NO5S/c12-6-9-4-2-1-3-8(9)5-11-17(15,16)7-10(13)14/h8-9,11-12H,1-7H2,(H,13,14). The van der Waals surface area contributed by atoms with Gasteiger partial charge in [0.05, 0.1) is 0 Å². The van der Waals surface area contributed by atoms with E-state index in [9.17, 15) is 13.2 Å². The van der Waals surface area contributed by atoms with E-state index in [0.29, 0.717) is 0 Å². The molecule has 0 aromatic carbocycles. The molecule has 0 aromatic heterocycles. The zero-order valence-electron chi connectivity index (χ0n) is 9.63. The van der Waals surface area contributed by atoms with Gasteiger partial charge in [0, 0.05) is 13.2 Å². The van der Waals surface area contributed by atoms with Crippen molar-refractivity contribution < 1.29 is 23.4 Å². The Labute approximate surface area is 101 Å². The number of aliphatic hydroxyl groups is 1. The first-order valence-corrected chi connectivity index (χ1v) is 7.40. The third-order valence-corrected chi connectivity index (χ3v) is 4.41. The largest absolute Gasteiger partial charge is 0.480 e. The maximum atomic E-state index is 11.3. The highest BCUT2D eigenvalue weighted by Gasteiger charge is 2.26. The maximum Gasteiger partial charge on any atom is 0.320 e. The van der Waals surface area contributed by atoms with Crippen LogP contribution in [-0.4, -0.2) is 43.5 Å². The summed E-state index contributed by atoms with van der Waals surface area (Å²) < 4.78 is 25.0. The number of hydrogen-bond donors (Lipinski definition) is 3. The number of hydrogen-bond acceptors (Lipinski definition) is 4. The van der Waals surface area contributed by atoms with Crippen molar-refractivity contribution in [3.8, 4) is 0 Å². The molecule has 1 fully saturated rings. The molecule has 0 saturated heterocycles. The lowest BCUT2D eigenvalue weighted by molar-refractivity contribution is -0.134. The molecular formula is C10H19NO5S. The Morgan fingerprint density at radius 2 is 1.82 bits per heavy atom. The second kappa shape index (κ2) is 6.32. The zero-order valence-corrected chi connectivity index (χ0v) is 10.4. The summed E-state index contributed by atoms with van der Waals surface area (Å²) in [5.74, 6) is -2.03. The fourth-order valence-corrected chi connectivity index (χ4v) is 3.14. The summed E-state index contributed by atoms with van der Waals surface area (Å²) >= 11 is 0. The van der Waals surface area contributed by atoms with Crippen molar-refractivity contribution in [1.82, 2.24) is 4.72 Å². The number of aliphatic hydroxyl groups excluding tert-OH is 1. The minimum absolute atomic E-state index is 0.0608. The normalized spacial score (nSPS) is 25.7. The van der Waals surface area contributed by atoms with Crippen molar-refractivity contribution in [2.45, 2.75) is 25.7 Å². The van der Waals surface area contributed by atoms with Crippen LogP contribution in [0, 0.1) is 11.8 Å². The van der Waals surface area contributed by atoms with E-state index in [-0.39, 0.29) is 25.0 Å². The molecule has 0 aliphatic heterocycles. The van der Waals surface area contributed by atoms with Crippen LogP contribution in [0.3, 0.4) is 0 Å². The van der Waals surface area contributed by atoms with E-state index in [1.807, 2.05) is 0 Å². The number of carboxylic acids is 1. The minimum Gasteiger partial charge on any atom is -0.480 e. The SMILES string of the molecule is O=C(O)CS(=O)(=O)NCC1CCCCC1CO. The van der Waals surface area contributed by atoms with Gasteiger partial charge in [-0.1, -0.05) is 12.8 Å². The van der Waals surface area contributed by atoms with E-state index in [0.717, 1.165) is 25.7 Å². The van der Waals surface area contributed by atoms with Crippen molar-refractivity contribution in [3.05, 3.63) is 0 Å². The second-order valence-electron chi connectivity index (χ2n) is 4.49. The molecule has 2 unspecified atom stereocenters. The lowest BCUT2D eigenvalue weighted by Gasteiger charge is -2.30. The van der Waals surface area contributed by atoms with Gasteiger partial charge < -0.3 is 10.2 Å². The van der Waals surface area contributed by atoms with Gasteiger partial charge in [-0.3, -0.25) is 4.79 Å². The van der Waals surface area contributed by atoms with Crippen LogP contribution >= 0.6 is 0 Å². The van der Waals surface area contributed by atoms with Crippen LogP contribution in [0.25, 0.3) is 0 Å². The highest BCUT2D eigenvalue weighted by atomic mass is 32.2. The average Bonchev–Trinajstić information content (AvgIpc) is 2.25. The topological polar surface area (TPSA) is 104 Å². The number of rotatable bonds is 6. The molecule has 1 rings (SSSR count). The van der Waals surface area contributed by atoms with Gasteiger partial charge in [-0.2, -0.15) is 0 Å². The average molecular weight is 265 g/mol. The van der Waals surface area contributed by atoms with Crippen LogP contribution in [0.2, 0.25) is 0 Å². The van der Waals surface area contributed by atoms with E-state index in [2.05, 4.69) is 4.72 Å². The zero-order chi connectivity index (χ0) is 12.9. The van der Waals surface area contributed by atoms with Gasteiger partial charge in [-0.15, -0.1) is 0 Å². The first-order chi connectivity index (χ1) is 7.94. The molecular weight excluding hydrogens is 246 g/mol. The molecule has 3 N–H and O–H groups in total. The summed E-state index contributed by atoms with van der Waals surface area (Å²) in [7, 11) is -3.74. The molecule has 0 amide bonds. The molecule has 7 heteroatoms. The third-order valence-electron chi connectivity index (χ3n) is 3.18. The highest BCUT2D eigenvalue weighted by Crippen LogP contribution is 2.29. The van der Waals surface area contributed by atoms with Gasteiger partial charge in [0.1, 0.15) is 0 Å². The first-order valence-electron chi connectivity index (χ1n) is 5.74. The van der Waals surface area contributed by atoms with E-state index in [4.69, 9.17) is 10.2 Å². The first kappa shape index (κ1) is 14.4. The molecule has 0 heterocycles. The molecule has 1 aliphatic carbocycles. The number of sulfonamides is 1. The molecule has 1 saturated carbocycles. The number of carboxylic acid groups (broad SMARTS) is 1. The monoisotopic (exact) mass is 265 g/mol.